The Morgan fingerprint density at radius 2 is 2.00 bits per heavy atom. The molecule has 1 heterocycles. The van der Waals surface area contributed by atoms with E-state index in [9.17, 15) is 9.59 Å². The van der Waals surface area contributed by atoms with Gasteiger partial charge in [0.15, 0.2) is 0 Å². The Balaban J connectivity index is 0.00000144. The largest absolute Gasteiger partial charge is 0.450 e. The van der Waals surface area contributed by atoms with E-state index >= 15 is 0 Å². The summed E-state index contributed by atoms with van der Waals surface area (Å²) >= 11 is 0. The molecule has 1 amide bonds. The van der Waals surface area contributed by atoms with Gasteiger partial charge in [-0.05, 0) is 31.6 Å². The number of piperidine rings is 1. The second kappa shape index (κ2) is 5.71. The fourth-order valence-corrected chi connectivity index (χ4v) is 2.80. The third kappa shape index (κ3) is 3.12. The molecule has 0 N–H and O–H groups in total. The molecule has 1 saturated carbocycles. The van der Waals surface area contributed by atoms with Crippen LogP contribution < -0.4 is 0 Å². The Kier molecular flexibility index (Phi) is 4.80. The number of ketones is 1. The molecule has 0 unspecified atom stereocenters. The van der Waals surface area contributed by atoms with Crippen LogP contribution in [0.15, 0.2) is 0 Å². The highest BCUT2D eigenvalue weighted by Gasteiger charge is 2.41. The van der Waals surface area contributed by atoms with E-state index < -0.39 is 0 Å². The number of carbonyl (C=O) groups is 2. The summed E-state index contributed by atoms with van der Waals surface area (Å²) in [5, 5.41) is 0. The first kappa shape index (κ1) is 14.3. The Hall–Kier alpha value is -0.770. The van der Waals surface area contributed by atoms with Crippen LogP contribution in [0.2, 0.25) is 0 Å². The second-order valence-corrected chi connectivity index (χ2v) is 4.90. The third-order valence-corrected chi connectivity index (χ3v) is 3.86. The Morgan fingerprint density at radius 3 is 2.47 bits per heavy atom. The molecule has 4 nitrogen and oxygen atoms in total. The van der Waals surface area contributed by atoms with Crippen LogP contribution >= 0.6 is 12.4 Å². The molecule has 1 aliphatic carbocycles. The lowest BCUT2D eigenvalue weighted by Crippen LogP contribution is -2.42. The summed E-state index contributed by atoms with van der Waals surface area (Å²) in [6, 6.07) is 0. The molecule has 2 fully saturated rings. The first-order valence-electron chi connectivity index (χ1n) is 6.09. The fourth-order valence-electron chi connectivity index (χ4n) is 2.80. The van der Waals surface area contributed by atoms with Crippen molar-refractivity contribution < 1.29 is 14.3 Å². The van der Waals surface area contributed by atoms with Gasteiger partial charge in [0.05, 0.1) is 6.61 Å². The summed E-state index contributed by atoms with van der Waals surface area (Å²) in [6.07, 6.45) is 4.18. The number of amides is 1. The van der Waals surface area contributed by atoms with E-state index in [2.05, 4.69) is 0 Å². The van der Waals surface area contributed by atoms with Crippen molar-refractivity contribution in [2.75, 3.05) is 19.7 Å². The smallest absolute Gasteiger partial charge is 0.409 e. The highest BCUT2D eigenvalue weighted by molar-refractivity contribution is 5.85. The number of hydrogen-bond acceptors (Lipinski definition) is 3. The number of ether oxygens (including phenoxy) is 1. The predicted molar refractivity (Wildman–Crippen MR) is 66.4 cm³/mol. The number of halogens is 1. The van der Waals surface area contributed by atoms with Gasteiger partial charge in [0.1, 0.15) is 5.78 Å². The minimum Gasteiger partial charge on any atom is -0.450 e. The summed E-state index contributed by atoms with van der Waals surface area (Å²) in [7, 11) is 0. The highest BCUT2D eigenvalue weighted by Crippen LogP contribution is 2.44. The molecule has 17 heavy (non-hydrogen) atoms. The summed E-state index contributed by atoms with van der Waals surface area (Å²) in [5.41, 5.74) is 0.208. The summed E-state index contributed by atoms with van der Waals surface area (Å²) in [5.74, 6) is 0.393. The molecule has 1 aliphatic heterocycles. The van der Waals surface area contributed by atoms with Crippen molar-refractivity contribution in [1.82, 2.24) is 4.90 Å². The molecule has 1 saturated heterocycles. The van der Waals surface area contributed by atoms with Gasteiger partial charge in [0.2, 0.25) is 0 Å². The van der Waals surface area contributed by atoms with Crippen LogP contribution in [0, 0.1) is 5.41 Å². The molecule has 0 atom stereocenters. The second-order valence-electron chi connectivity index (χ2n) is 4.90. The van der Waals surface area contributed by atoms with Crippen molar-refractivity contribution >= 4 is 24.3 Å². The number of Topliss-reactive ketones (excluding diaryl/α,β-unsaturated/α-hetero) is 1. The van der Waals surface area contributed by atoms with Gasteiger partial charge < -0.3 is 9.64 Å². The van der Waals surface area contributed by atoms with E-state index in [1.165, 1.54) is 0 Å². The van der Waals surface area contributed by atoms with Gasteiger partial charge in [0, 0.05) is 25.9 Å². The zero-order valence-corrected chi connectivity index (χ0v) is 11.1. The van der Waals surface area contributed by atoms with Gasteiger partial charge in [0.25, 0.3) is 0 Å². The van der Waals surface area contributed by atoms with Crippen LogP contribution in [0.4, 0.5) is 4.79 Å². The molecular weight excluding hydrogens is 242 g/mol. The van der Waals surface area contributed by atoms with E-state index in [0.29, 0.717) is 12.4 Å². The third-order valence-electron chi connectivity index (χ3n) is 3.86. The average molecular weight is 262 g/mol. The standard InChI is InChI=1S/C12H19NO3.ClH/c1-2-16-11(15)13-7-5-12(6-8-13)4-3-10(14)9-12;/h2-9H2,1H3;1H. The number of likely N-dealkylation sites (tertiary alicyclic amines) is 1. The fraction of sp³-hybridized carbons (Fsp3) is 0.833. The van der Waals surface area contributed by atoms with Crippen LogP contribution in [-0.2, 0) is 9.53 Å². The van der Waals surface area contributed by atoms with Gasteiger partial charge in [-0.3, -0.25) is 4.79 Å². The summed E-state index contributed by atoms with van der Waals surface area (Å²) in [6.45, 7) is 3.73. The molecule has 2 aliphatic rings. The van der Waals surface area contributed by atoms with E-state index in [4.69, 9.17) is 4.74 Å². The number of nitrogens with zero attached hydrogens (tertiary/aromatic N) is 1. The first-order chi connectivity index (χ1) is 7.65. The highest BCUT2D eigenvalue weighted by atomic mass is 35.5. The SMILES string of the molecule is CCOC(=O)N1CCC2(CCC(=O)C2)CC1.Cl. The van der Waals surface area contributed by atoms with E-state index in [-0.39, 0.29) is 23.9 Å². The Morgan fingerprint density at radius 1 is 1.35 bits per heavy atom. The molecular formula is C12H20ClNO3. The molecule has 1 spiro atoms. The molecule has 0 bridgehead atoms. The van der Waals surface area contributed by atoms with E-state index in [0.717, 1.165) is 45.2 Å². The van der Waals surface area contributed by atoms with Crippen molar-refractivity contribution in [3.8, 4) is 0 Å². The van der Waals surface area contributed by atoms with Crippen molar-refractivity contribution in [3.63, 3.8) is 0 Å². The lowest BCUT2D eigenvalue weighted by atomic mass is 9.77. The Labute approximate surface area is 108 Å². The van der Waals surface area contributed by atoms with E-state index in [1.807, 2.05) is 6.92 Å². The van der Waals surface area contributed by atoms with Crippen LogP contribution in [0.1, 0.15) is 39.0 Å². The van der Waals surface area contributed by atoms with Crippen LogP contribution in [0.3, 0.4) is 0 Å². The maximum absolute atomic E-state index is 11.5. The molecule has 0 radical (unpaired) electrons. The van der Waals surface area contributed by atoms with E-state index in [1.54, 1.807) is 4.90 Å². The first-order valence-corrected chi connectivity index (χ1v) is 6.09. The number of carbonyl (C=O) groups excluding carboxylic acids is 2. The van der Waals surface area contributed by atoms with Crippen LogP contribution in [-0.4, -0.2) is 36.5 Å². The topological polar surface area (TPSA) is 46.6 Å². The number of rotatable bonds is 1. The monoisotopic (exact) mass is 261 g/mol. The van der Waals surface area contributed by atoms with Crippen LogP contribution in [0.25, 0.3) is 0 Å². The van der Waals surface area contributed by atoms with Crippen LogP contribution in [0.5, 0.6) is 0 Å². The predicted octanol–water partition coefficient (Wildman–Crippen LogP) is 2.40. The summed E-state index contributed by atoms with van der Waals surface area (Å²) in [4.78, 5) is 24.6. The normalized spacial score (nSPS) is 22.4. The zero-order valence-electron chi connectivity index (χ0n) is 10.2. The van der Waals surface area contributed by atoms with Gasteiger partial charge in [-0.15, -0.1) is 12.4 Å². The maximum Gasteiger partial charge on any atom is 0.409 e. The lowest BCUT2D eigenvalue weighted by Gasteiger charge is -2.38. The van der Waals surface area contributed by atoms with Gasteiger partial charge in [-0.25, -0.2) is 4.79 Å². The lowest BCUT2D eigenvalue weighted by molar-refractivity contribution is -0.118. The van der Waals surface area contributed by atoms with Gasteiger partial charge in [-0.2, -0.15) is 0 Å². The molecule has 0 aromatic rings. The minimum absolute atomic E-state index is 0. The molecule has 2 rings (SSSR count). The molecule has 98 valence electrons. The Bertz CT molecular complexity index is 298. The van der Waals surface area contributed by atoms with Gasteiger partial charge >= 0.3 is 6.09 Å². The average Bonchev–Trinajstić information content (AvgIpc) is 2.61. The summed E-state index contributed by atoms with van der Waals surface area (Å²) < 4.78 is 4.97. The van der Waals surface area contributed by atoms with Crippen molar-refractivity contribution in [2.24, 2.45) is 5.41 Å². The zero-order chi connectivity index (χ0) is 11.6. The van der Waals surface area contributed by atoms with Crippen molar-refractivity contribution in [2.45, 2.75) is 39.0 Å². The molecule has 0 aromatic heterocycles. The van der Waals surface area contributed by atoms with Gasteiger partial charge in [-0.1, -0.05) is 0 Å². The maximum atomic E-state index is 11.5. The van der Waals surface area contributed by atoms with Crippen molar-refractivity contribution in [3.05, 3.63) is 0 Å². The van der Waals surface area contributed by atoms with Crippen molar-refractivity contribution in [1.29, 1.82) is 0 Å². The number of hydrogen-bond donors (Lipinski definition) is 0. The quantitative estimate of drug-likeness (QED) is 0.728. The molecule has 0 aromatic carbocycles. The molecule has 5 heteroatoms. The minimum atomic E-state index is -0.207.